The van der Waals surface area contributed by atoms with Gasteiger partial charge in [-0.25, -0.2) is 18.0 Å². The molecular weight excluding hydrogens is 424 g/mol. The Bertz CT molecular complexity index is 875. The second-order valence-corrected chi connectivity index (χ2v) is 8.80. The first-order valence-electron chi connectivity index (χ1n) is 10.3. The van der Waals surface area contributed by atoms with Crippen molar-refractivity contribution in [2.45, 2.75) is 25.7 Å². The maximum Gasteiger partial charge on any atom is 0.338 e. The molecule has 0 bridgehead atoms. The number of benzene rings is 1. The van der Waals surface area contributed by atoms with E-state index in [1.165, 1.54) is 33.5 Å². The Balaban J connectivity index is 1.91. The smallest absolute Gasteiger partial charge is 0.338 e. The van der Waals surface area contributed by atoms with Gasteiger partial charge in [-0.15, -0.1) is 0 Å². The first-order chi connectivity index (χ1) is 14.7. The molecule has 1 aliphatic heterocycles. The number of nitrogens with one attached hydrogen (secondary N) is 1. The van der Waals surface area contributed by atoms with Gasteiger partial charge in [-0.2, -0.15) is 4.31 Å². The normalized spacial score (nSPS) is 14.7. The Morgan fingerprint density at radius 3 is 2.10 bits per heavy atom. The molecule has 172 valence electrons. The van der Waals surface area contributed by atoms with Crippen molar-refractivity contribution in [2.75, 3.05) is 52.4 Å². The number of ether oxygens (including phenoxy) is 1. The fraction of sp³-hybridized carbons (Fsp3) is 0.550. The van der Waals surface area contributed by atoms with Crippen molar-refractivity contribution in [3.63, 3.8) is 0 Å². The summed E-state index contributed by atoms with van der Waals surface area (Å²) < 4.78 is 31.9. The van der Waals surface area contributed by atoms with E-state index in [1.54, 1.807) is 11.8 Å². The van der Waals surface area contributed by atoms with Crippen molar-refractivity contribution in [1.82, 2.24) is 19.4 Å². The van der Waals surface area contributed by atoms with E-state index in [2.05, 4.69) is 5.32 Å². The van der Waals surface area contributed by atoms with Gasteiger partial charge in [0.15, 0.2) is 0 Å². The third-order valence-electron chi connectivity index (χ3n) is 5.04. The van der Waals surface area contributed by atoms with Crippen LogP contribution >= 0.6 is 0 Å². The number of hydrogen-bond donors (Lipinski definition) is 1. The van der Waals surface area contributed by atoms with E-state index in [0.29, 0.717) is 13.1 Å². The van der Waals surface area contributed by atoms with Crippen LogP contribution in [0.2, 0.25) is 0 Å². The molecule has 1 aromatic carbocycles. The molecule has 10 nitrogen and oxygen atoms in total. The van der Waals surface area contributed by atoms with Crippen LogP contribution in [0.5, 0.6) is 0 Å². The molecule has 1 N–H and O–H groups in total. The second kappa shape index (κ2) is 11.1. The number of sulfonamides is 1. The summed E-state index contributed by atoms with van der Waals surface area (Å²) in [6, 6.07) is 5.19. The van der Waals surface area contributed by atoms with E-state index in [1.807, 2.05) is 13.8 Å². The van der Waals surface area contributed by atoms with Crippen LogP contribution in [0.3, 0.4) is 0 Å². The average molecular weight is 455 g/mol. The van der Waals surface area contributed by atoms with E-state index >= 15 is 0 Å². The summed E-state index contributed by atoms with van der Waals surface area (Å²) in [4.78, 5) is 39.2. The number of piperazine rings is 1. The quantitative estimate of drug-likeness (QED) is 0.580. The maximum absolute atomic E-state index is 12.9. The lowest BCUT2D eigenvalue weighted by atomic mass is 10.2. The summed E-state index contributed by atoms with van der Waals surface area (Å²) in [5, 5.41) is 2.60. The zero-order chi connectivity index (χ0) is 23.0. The fourth-order valence-corrected chi connectivity index (χ4v) is 4.63. The topological polar surface area (TPSA) is 116 Å². The Kier molecular flexibility index (Phi) is 8.81. The molecule has 0 spiro atoms. The van der Waals surface area contributed by atoms with Gasteiger partial charge >= 0.3 is 12.0 Å². The van der Waals surface area contributed by atoms with Crippen LogP contribution in [-0.4, -0.2) is 92.9 Å². The highest BCUT2D eigenvalue weighted by molar-refractivity contribution is 7.89. The predicted octanol–water partition coefficient (Wildman–Crippen LogP) is 0.748. The molecule has 31 heavy (non-hydrogen) atoms. The van der Waals surface area contributed by atoms with E-state index < -0.39 is 22.0 Å². The SMILES string of the molecule is CCOC(=O)c1ccc(S(=O)(=O)N2CCN(C(=O)NCC(=O)N(CC)CC)CC2)cc1. The minimum Gasteiger partial charge on any atom is -0.462 e. The Morgan fingerprint density at radius 2 is 1.58 bits per heavy atom. The minimum absolute atomic E-state index is 0.0725. The van der Waals surface area contributed by atoms with Gasteiger partial charge in [0.25, 0.3) is 0 Å². The highest BCUT2D eigenvalue weighted by Gasteiger charge is 2.30. The molecule has 1 heterocycles. The maximum atomic E-state index is 12.9. The molecule has 3 amide bonds. The number of amides is 3. The van der Waals surface area contributed by atoms with Gasteiger partial charge in [0.1, 0.15) is 0 Å². The van der Waals surface area contributed by atoms with Crippen LogP contribution in [0, 0.1) is 0 Å². The van der Waals surface area contributed by atoms with Crippen LogP contribution in [0.25, 0.3) is 0 Å². The number of rotatable bonds is 8. The van der Waals surface area contributed by atoms with Gasteiger partial charge in [-0.3, -0.25) is 4.79 Å². The molecule has 0 unspecified atom stereocenters. The van der Waals surface area contributed by atoms with Gasteiger partial charge < -0.3 is 19.9 Å². The molecular formula is C20H30N4O6S. The molecule has 0 radical (unpaired) electrons. The summed E-state index contributed by atoms with van der Waals surface area (Å²) in [7, 11) is -3.75. The Morgan fingerprint density at radius 1 is 1.00 bits per heavy atom. The number of likely N-dealkylation sites (N-methyl/N-ethyl adjacent to an activating group) is 1. The van der Waals surface area contributed by atoms with E-state index in [9.17, 15) is 22.8 Å². The molecule has 0 atom stereocenters. The zero-order valence-corrected chi connectivity index (χ0v) is 19.0. The van der Waals surface area contributed by atoms with Gasteiger partial charge in [0, 0.05) is 39.3 Å². The summed E-state index contributed by atoms with van der Waals surface area (Å²) in [6.45, 7) is 7.42. The molecule has 11 heteroatoms. The molecule has 0 aromatic heterocycles. The summed E-state index contributed by atoms with van der Waals surface area (Å²) >= 11 is 0. The van der Waals surface area contributed by atoms with Crippen molar-refractivity contribution in [1.29, 1.82) is 0 Å². The average Bonchev–Trinajstić information content (AvgIpc) is 2.78. The van der Waals surface area contributed by atoms with Crippen LogP contribution < -0.4 is 5.32 Å². The van der Waals surface area contributed by atoms with Crippen LogP contribution in [0.4, 0.5) is 4.79 Å². The summed E-state index contributed by atoms with van der Waals surface area (Å²) in [6.07, 6.45) is 0. The lowest BCUT2D eigenvalue weighted by Gasteiger charge is -2.34. The number of carbonyl (C=O) groups is 3. The van der Waals surface area contributed by atoms with Crippen molar-refractivity contribution in [3.05, 3.63) is 29.8 Å². The third-order valence-corrected chi connectivity index (χ3v) is 6.95. The first kappa shape index (κ1) is 24.6. The van der Waals surface area contributed by atoms with Gasteiger partial charge in [0.05, 0.1) is 23.6 Å². The monoisotopic (exact) mass is 454 g/mol. The number of hydrogen-bond acceptors (Lipinski definition) is 6. The van der Waals surface area contributed by atoms with Gasteiger partial charge in [-0.1, -0.05) is 0 Å². The third kappa shape index (κ3) is 6.17. The first-order valence-corrected chi connectivity index (χ1v) is 11.8. The lowest BCUT2D eigenvalue weighted by Crippen LogP contribution is -2.54. The molecule has 1 aliphatic rings. The predicted molar refractivity (Wildman–Crippen MR) is 114 cm³/mol. The Labute approximate surface area is 183 Å². The number of urea groups is 1. The molecule has 1 saturated heterocycles. The minimum atomic E-state index is -3.75. The molecule has 1 fully saturated rings. The molecule has 2 rings (SSSR count). The van der Waals surface area contributed by atoms with Gasteiger partial charge in [0.2, 0.25) is 15.9 Å². The van der Waals surface area contributed by atoms with Crippen LogP contribution in [0.1, 0.15) is 31.1 Å². The number of carbonyl (C=O) groups excluding carboxylic acids is 3. The zero-order valence-electron chi connectivity index (χ0n) is 18.2. The molecule has 1 aromatic rings. The summed E-state index contributed by atoms with van der Waals surface area (Å²) in [5.74, 6) is -0.670. The van der Waals surface area contributed by atoms with E-state index in [0.717, 1.165) is 0 Å². The number of nitrogens with zero attached hydrogens (tertiary/aromatic N) is 3. The fourth-order valence-electron chi connectivity index (χ4n) is 3.21. The van der Waals surface area contributed by atoms with E-state index in [4.69, 9.17) is 4.74 Å². The van der Waals surface area contributed by atoms with Gasteiger partial charge in [-0.05, 0) is 45.0 Å². The van der Waals surface area contributed by atoms with Crippen molar-refractivity contribution < 1.29 is 27.5 Å². The summed E-state index contributed by atoms with van der Waals surface area (Å²) in [5.41, 5.74) is 0.279. The number of esters is 1. The highest BCUT2D eigenvalue weighted by Crippen LogP contribution is 2.18. The Hall–Kier alpha value is -2.66. The largest absolute Gasteiger partial charge is 0.462 e. The molecule has 0 saturated carbocycles. The van der Waals surface area contributed by atoms with Crippen LogP contribution in [0.15, 0.2) is 29.2 Å². The van der Waals surface area contributed by atoms with Crippen molar-refractivity contribution in [2.24, 2.45) is 0 Å². The second-order valence-electron chi connectivity index (χ2n) is 6.86. The van der Waals surface area contributed by atoms with Crippen molar-refractivity contribution >= 4 is 27.9 Å². The van der Waals surface area contributed by atoms with E-state index in [-0.39, 0.29) is 55.7 Å². The highest BCUT2D eigenvalue weighted by atomic mass is 32.2. The molecule has 0 aliphatic carbocycles. The van der Waals surface area contributed by atoms with Crippen molar-refractivity contribution in [3.8, 4) is 0 Å². The lowest BCUT2D eigenvalue weighted by molar-refractivity contribution is -0.129. The standard InChI is InChI=1S/C20H30N4O6S/c1-4-22(5-2)18(25)15-21-20(27)23-11-13-24(14-12-23)31(28,29)17-9-7-16(8-10-17)19(26)30-6-3/h7-10H,4-6,11-15H2,1-3H3,(H,21,27). The van der Waals surface area contributed by atoms with Crippen LogP contribution in [-0.2, 0) is 19.6 Å².